The number of amides is 1. The number of halogens is 2. The van der Waals surface area contributed by atoms with Gasteiger partial charge in [0.25, 0.3) is 0 Å². The van der Waals surface area contributed by atoms with E-state index in [0.29, 0.717) is 6.54 Å². The number of rotatable bonds is 6. The highest BCUT2D eigenvalue weighted by Crippen LogP contribution is 2.22. The number of benzene rings is 2. The molecule has 6 heteroatoms. The van der Waals surface area contributed by atoms with Crippen molar-refractivity contribution in [2.24, 2.45) is 0 Å². The van der Waals surface area contributed by atoms with Gasteiger partial charge in [-0.2, -0.15) is 0 Å². The number of anilines is 1. The zero-order valence-corrected chi connectivity index (χ0v) is 13.8. The maximum atomic E-state index is 13.5. The fraction of sp³-hybridized carbons (Fsp3) is 0.235. The standard InChI is InChI=1S/C17H18F2N2OS/c1-21(2)14-6-3-12(4-7-14)10-20-17(22)11-23-16-8-5-13(18)9-15(16)19/h3-9H,10-11H2,1-2H3,(H,20,22). The lowest BCUT2D eigenvalue weighted by molar-refractivity contribution is -0.118. The van der Waals surface area contributed by atoms with E-state index in [-0.39, 0.29) is 16.6 Å². The Bertz CT molecular complexity index is 675. The van der Waals surface area contributed by atoms with Crippen LogP contribution in [0.3, 0.4) is 0 Å². The van der Waals surface area contributed by atoms with Crippen LogP contribution in [0, 0.1) is 11.6 Å². The van der Waals surface area contributed by atoms with Crippen molar-refractivity contribution >= 4 is 23.4 Å². The fourth-order valence-electron chi connectivity index (χ4n) is 1.90. The van der Waals surface area contributed by atoms with Crippen LogP contribution < -0.4 is 10.2 Å². The molecule has 0 unspecified atom stereocenters. The molecule has 3 nitrogen and oxygen atoms in total. The van der Waals surface area contributed by atoms with Crippen LogP contribution in [0.15, 0.2) is 47.4 Å². The second-order valence-electron chi connectivity index (χ2n) is 5.20. The molecule has 23 heavy (non-hydrogen) atoms. The Balaban J connectivity index is 1.80. The van der Waals surface area contributed by atoms with Gasteiger partial charge in [0.15, 0.2) is 0 Å². The smallest absolute Gasteiger partial charge is 0.230 e. The average molecular weight is 336 g/mol. The van der Waals surface area contributed by atoms with Gasteiger partial charge in [0.05, 0.1) is 5.75 Å². The van der Waals surface area contributed by atoms with Crippen molar-refractivity contribution in [3.8, 4) is 0 Å². The molecule has 1 amide bonds. The van der Waals surface area contributed by atoms with Crippen molar-refractivity contribution in [2.75, 3.05) is 24.7 Å². The molecule has 2 rings (SSSR count). The molecular weight excluding hydrogens is 318 g/mol. The van der Waals surface area contributed by atoms with Gasteiger partial charge in [0.2, 0.25) is 5.91 Å². The molecule has 0 saturated heterocycles. The highest BCUT2D eigenvalue weighted by molar-refractivity contribution is 8.00. The van der Waals surface area contributed by atoms with Crippen LogP contribution >= 0.6 is 11.8 Å². The average Bonchev–Trinajstić information content (AvgIpc) is 2.52. The van der Waals surface area contributed by atoms with E-state index in [4.69, 9.17) is 0 Å². The van der Waals surface area contributed by atoms with Crippen LogP contribution in [-0.4, -0.2) is 25.8 Å². The Labute approximate surface area is 138 Å². The molecule has 1 N–H and O–H groups in total. The molecule has 0 heterocycles. The van der Waals surface area contributed by atoms with Crippen molar-refractivity contribution < 1.29 is 13.6 Å². The van der Waals surface area contributed by atoms with Crippen molar-refractivity contribution in [2.45, 2.75) is 11.4 Å². The Kier molecular flexibility index (Phi) is 5.98. The van der Waals surface area contributed by atoms with Crippen LogP contribution in [0.2, 0.25) is 0 Å². The Hall–Kier alpha value is -2.08. The minimum atomic E-state index is -0.651. The zero-order chi connectivity index (χ0) is 16.8. The fourth-order valence-corrected chi connectivity index (χ4v) is 2.65. The van der Waals surface area contributed by atoms with Gasteiger partial charge in [0, 0.05) is 37.3 Å². The molecule has 0 atom stereocenters. The quantitative estimate of drug-likeness (QED) is 0.820. The molecule has 0 spiro atoms. The van der Waals surface area contributed by atoms with Crippen molar-refractivity contribution in [3.63, 3.8) is 0 Å². The molecule has 0 aliphatic carbocycles. The Morgan fingerprint density at radius 1 is 1.13 bits per heavy atom. The van der Waals surface area contributed by atoms with Gasteiger partial charge in [-0.15, -0.1) is 11.8 Å². The van der Waals surface area contributed by atoms with E-state index in [1.807, 2.05) is 43.3 Å². The largest absolute Gasteiger partial charge is 0.378 e. The Morgan fingerprint density at radius 3 is 2.43 bits per heavy atom. The summed E-state index contributed by atoms with van der Waals surface area (Å²) in [6, 6.07) is 11.2. The third-order valence-electron chi connectivity index (χ3n) is 3.20. The molecule has 0 fully saturated rings. The lowest BCUT2D eigenvalue weighted by Gasteiger charge is -2.13. The summed E-state index contributed by atoms with van der Waals surface area (Å²) in [4.78, 5) is 14.1. The number of carbonyl (C=O) groups excluding carboxylic acids is 1. The van der Waals surface area contributed by atoms with E-state index in [2.05, 4.69) is 5.32 Å². The van der Waals surface area contributed by atoms with E-state index in [1.165, 1.54) is 12.1 Å². The number of hydrogen-bond donors (Lipinski definition) is 1. The minimum absolute atomic E-state index is 0.0817. The molecule has 0 aliphatic rings. The summed E-state index contributed by atoms with van der Waals surface area (Å²) >= 11 is 1.04. The van der Waals surface area contributed by atoms with E-state index >= 15 is 0 Å². The van der Waals surface area contributed by atoms with Gasteiger partial charge in [-0.3, -0.25) is 4.79 Å². The van der Waals surface area contributed by atoms with Crippen molar-refractivity contribution in [1.82, 2.24) is 5.32 Å². The van der Waals surface area contributed by atoms with Crippen LogP contribution in [0.4, 0.5) is 14.5 Å². The molecule has 0 bridgehead atoms. The highest BCUT2D eigenvalue weighted by atomic mass is 32.2. The van der Waals surface area contributed by atoms with E-state index in [9.17, 15) is 13.6 Å². The third-order valence-corrected chi connectivity index (χ3v) is 4.24. The van der Waals surface area contributed by atoms with Gasteiger partial charge < -0.3 is 10.2 Å². The molecule has 0 aromatic heterocycles. The predicted molar refractivity (Wildman–Crippen MR) is 89.7 cm³/mol. The first-order chi connectivity index (χ1) is 11.0. The van der Waals surface area contributed by atoms with Crippen LogP contribution in [0.1, 0.15) is 5.56 Å². The van der Waals surface area contributed by atoms with Gasteiger partial charge >= 0.3 is 0 Å². The van der Waals surface area contributed by atoms with Crippen LogP contribution in [0.25, 0.3) is 0 Å². The summed E-state index contributed by atoms with van der Waals surface area (Å²) in [7, 11) is 3.92. The number of thioether (sulfide) groups is 1. The lowest BCUT2D eigenvalue weighted by atomic mass is 10.2. The molecule has 0 aliphatic heterocycles. The zero-order valence-electron chi connectivity index (χ0n) is 13.0. The number of nitrogens with one attached hydrogen (secondary N) is 1. The normalized spacial score (nSPS) is 10.4. The van der Waals surface area contributed by atoms with Crippen LogP contribution in [0.5, 0.6) is 0 Å². The summed E-state index contributed by atoms with van der Waals surface area (Å²) in [6.45, 7) is 0.416. The van der Waals surface area contributed by atoms with E-state index < -0.39 is 11.6 Å². The third kappa shape index (κ3) is 5.25. The molecule has 0 saturated carbocycles. The van der Waals surface area contributed by atoms with Crippen molar-refractivity contribution in [1.29, 1.82) is 0 Å². The lowest BCUT2D eigenvalue weighted by Crippen LogP contribution is -2.24. The SMILES string of the molecule is CN(C)c1ccc(CNC(=O)CSc2ccc(F)cc2F)cc1. The summed E-state index contributed by atoms with van der Waals surface area (Å²) in [5.41, 5.74) is 2.07. The topological polar surface area (TPSA) is 32.3 Å². The predicted octanol–water partition coefficient (Wildman–Crippen LogP) is 3.44. The van der Waals surface area contributed by atoms with Crippen LogP contribution in [-0.2, 0) is 11.3 Å². The number of hydrogen-bond acceptors (Lipinski definition) is 3. The number of carbonyl (C=O) groups is 1. The Morgan fingerprint density at radius 2 is 1.83 bits per heavy atom. The minimum Gasteiger partial charge on any atom is -0.378 e. The molecule has 122 valence electrons. The van der Waals surface area contributed by atoms with Gasteiger partial charge in [-0.1, -0.05) is 12.1 Å². The maximum absolute atomic E-state index is 13.5. The first-order valence-corrected chi connectivity index (χ1v) is 8.05. The molecule has 2 aromatic carbocycles. The molecule has 0 radical (unpaired) electrons. The summed E-state index contributed by atoms with van der Waals surface area (Å²) in [6.07, 6.45) is 0. The molecule has 2 aromatic rings. The second kappa shape index (κ2) is 7.97. The van der Waals surface area contributed by atoms with E-state index in [0.717, 1.165) is 29.1 Å². The first kappa shape index (κ1) is 17.3. The van der Waals surface area contributed by atoms with Crippen molar-refractivity contribution in [3.05, 3.63) is 59.7 Å². The van der Waals surface area contributed by atoms with Gasteiger partial charge in [-0.05, 0) is 29.8 Å². The summed E-state index contributed by atoms with van der Waals surface area (Å²) < 4.78 is 26.3. The molecular formula is C17H18F2N2OS. The summed E-state index contributed by atoms with van der Waals surface area (Å²) in [5.74, 6) is -1.40. The van der Waals surface area contributed by atoms with Gasteiger partial charge in [-0.25, -0.2) is 8.78 Å². The summed E-state index contributed by atoms with van der Waals surface area (Å²) in [5, 5.41) is 2.78. The number of nitrogens with zero attached hydrogens (tertiary/aromatic N) is 1. The second-order valence-corrected chi connectivity index (χ2v) is 6.22. The monoisotopic (exact) mass is 336 g/mol. The highest BCUT2D eigenvalue weighted by Gasteiger charge is 2.08. The maximum Gasteiger partial charge on any atom is 0.230 e. The first-order valence-electron chi connectivity index (χ1n) is 7.06. The van der Waals surface area contributed by atoms with Gasteiger partial charge in [0.1, 0.15) is 11.6 Å². The van der Waals surface area contributed by atoms with E-state index in [1.54, 1.807) is 0 Å².